The van der Waals surface area contributed by atoms with E-state index in [4.69, 9.17) is 0 Å². The van der Waals surface area contributed by atoms with Crippen LogP contribution in [-0.2, 0) is 17.6 Å². The highest BCUT2D eigenvalue weighted by atomic mass is 19.1. The molecule has 1 aliphatic heterocycles. The highest BCUT2D eigenvalue weighted by molar-refractivity contribution is 6.00. The van der Waals surface area contributed by atoms with Gasteiger partial charge in [-0.25, -0.2) is 14.4 Å². The predicted molar refractivity (Wildman–Crippen MR) is 119 cm³/mol. The van der Waals surface area contributed by atoms with Crippen molar-refractivity contribution in [3.05, 3.63) is 59.1 Å². The van der Waals surface area contributed by atoms with E-state index in [-0.39, 0.29) is 12.4 Å². The SMILES string of the molecule is CC/C=C\N=C(CC1=CCN=C(N(C)CC=O)N=C1)Cc1ccc(F)cc1CC. The zero-order chi connectivity index (χ0) is 21.1. The van der Waals surface area contributed by atoms with Gasteiger partial charge in [-0.3, -0.25) is 4.99 Å². The molecule has 6 heteroatoms. The summed E-state index contributed by atoms with van der Waals surface area (Å²) in [4.78, 5) is 25.9. The predicted octanol–water partition coefficient (Wildman–Crippen LogP) is 4.18. The summed E-state index contributed by atoms with van der Waals surface area (Å²) in [5.41, 5.74) is 4.10. The molecule has 0 saturated heterocycles. The third-order valence-corrected chi connectivity index (χ3v) is 4.57. The molecule has 1 aromatic carbocycles. The molecule has 0 radical (unpaired) electrons. The summed E-state index contributed by atoms with van der Waals surface area (Å²) in [5, 5.41) is 0. The normalized spacial score (nSPS) is 14.6. The number of aryl methyl sites for hydroxylation is 1. The van der Waals surface area contributed by atoms with Crippen LogP contribution >= 0.6 is 0 Å². The maximum absolute atomic E-state index is 13.6. The molecule has 0 aliphatic carbocycles. The largest absolute Gasteiger partial charge is 0.337 e. The van der Waals surface area contributed by atoms with Crippen molar-refractivity contribution in [3.63, 3.8) is 0 Å². The molecule has 2 rings (SSSR count). The zero-order valence-corrected chi connectivity index (χ0v) is 17.4. The van der Waals surface area contributed by atoms with E-state index in [1.54, 1.807) is 24.2 Å². The molecule has 0 atom stereocenters. The third kappa shape index (κ3) is 7.22. The summed E-state index contributed by atoms with van der Waals surface area (Å²) in [6.45, 7) is 4.85. The highest BCUT2D eigenvalue weighted by Crippen LogP contribution is 2.16. The maximum atomic E-state index is 13.6. The number of carbonyl (C=O) groups is 1. The quantitative estimate of drug-likeness (QED) is 0.464. The Morgan fingerprint density at radius 1 is 1.28 bits per heavy atom. The van der Waals surface area contributed by atoms with Gasteiger partial charge in [0.25, 0.3) is 0 Å². The van der Waals surface area contributed by atoms with Gasteiger partial charge in [0.15, 0.2) is 0 Å². The van der Waals surface area contributed by atoms with Crippen LogP contribution < -0.4 is 0 Å². The first-order valence-electron chi connectivity index (χ1n) is 9.97. The Labute approximate surface area is 172 Å². The van der Waals surface area contributed by atoms with E-state index >= 15 is 0 Å². The van der Waals surface area contributed by atoms with Gasteiger partial charge in [-0.1, -0.05) is 32.1 Å². The number of benzene rings is 1. The second kappa shape index (κ2) is 11.8. The van der Waals surface area contributed by atoms with E-state index in [0.717, 1.165) is 41.5 Å². The Bertz CT molecular complexity index is 852. The van der Waals surface area contributed by atoms with Crippen LogP contribution in [0.1, 0.15) is 37.8 Å². The molecule has 1 aromatic rings. The number of carbonyl (C=O) groups excluding carboxylic acids is 1. The topological polar surface area (TPSA) is 57.4 Å². The monoisotopic (exact) mass is 396 g/mol. The van der Waals surface area contributed by atoms with Gasteiger partial charge in [-0.15, -0.1) is 0 Å². The maximum Gasteiger partial charge on any atom is 0.221 e. The molecular formula is C23H29FN4O. The summed E-state index contributed by atoms with van der Waals surface area (Å²) >= 11 is 0. The van der Waals surface area contributed by atoms with Crippen molar-refractivity contribution in [2.45, 2.75) is 39.5 Å². The van der Waals surface area contributed by atoms with Crippen LogP contribution in [0.3, 0.4) is 0 Å². The molecule has 0 spiro atoms. The summed E-state index contributed by atoms with van der Waals surface area (Å²) in [6, 6.07) is 4.95. The van der Waals surface area contributed by atoms with E-state index in [0.29, 0.717) is 25.3 Å². The Kier molecular flexibility index (Phi) is 9.15. The van der Waals surface area contributed by atoms with E-state index in [2.05, 4.69) is 21.9 Å². The number of hydrogen-bond acceptors (Lipinski definition) is 5. The van der Waals surface area contributed by atoms with Crippen LogP contribution in [0.15, 0.2) is 57.1 Å². The van der Waals surface area contributed by atoms with Gasteiger partial charge in [0, 0.05) is 38.0 Å². The molecule has 0 unspecified atom stereocenters. The standard InChI is InChI=1S/C23H29FN4O/c1-4-6-10-25-22(16-20-7-8-21(24)15-19(20)5-2)14-18-9-11-26-23(27-17-18)28(3)12-13-29/h6-10,13,15,17H,4-5,11-12,14,16H2,1-3H3/b10-6-,25-22?. The molecule has 5 nitrogen and oxygen atoms in total. The van der Waals surface area contributed by atoms with E-state index < -0.39 is 0 Å². The first-order chi connectivity index (χ1) is 14.1. The van der Waals surface area contributed by atoms with Crippen molar-refractivity contribution in [1.82, 2.24) is 4.90 Å². The summed E-state index contributed by atoms with van der Waals surface area (Å²) in [5.74, 6) is 0.331. The second-order valence-electron chi connectivity index (χ2n) is 6.83. The third-order valence-electron chi connectivity index (χ3n) is 4.57. The van der Waals surface area contributed by atoms with Crippen LogP contribution in [0, 0.1) is 5.82 Å². The number of guanidine groups is 1. The van der Waals surface area contributed by atoms with Gasteiger partial charge in [-0.05, 0) is 41.7 Å². The van der Waals surface area contributed by atoms with Gasteiger partial charge in [0.05, 0.1) is 13.1 Å². The number of allylic oxidation sites excluding steroid dienone is 2. The van der Waals surface area contributed by atoms with Crippen molar-refractivity contribution >= 4 is 24.2 Å². The molecule has 1 heterocycles. The van der Waals surface area contributed by atoms with Gasteiger partial charge in [-0.2, -0.15) is 0 Å². The molecule has 29 heavy (non-hydrogen) atoms. The van der Waals surface area contributed by atoms with Crippen LogP contribution in [-0.4, -0.2) is 49.2 Å². The average Bonchev–Trinajstić information content (AvgIpc) is 2.95. The van der Waals surface area contributed by atoms with Crippen molar-refractivity contribution in [2.75, 3.05) is 20.1 Å². The molecule has 0 amide bonds. The fourth-order valence-corrected chi connectivity index (χ4v) is 2.98. The Hall–Kier alpha value is -2.89. The lowest BCUT2D eigenvalue weighted by Gasteiger charge is -2.13. The summed E-state index contributed by atoms with van der Waals surface area (Å²) in [7, 11) is 1.79. The van der Waals surface area contributed by atoms with Gasteiger partial charge in [0.1, 0.15) is 12.1 Å². The van der Waals surface area contributed by atoms with Crippen molar-refractivity contribution < 1.29 is 9.18 Å². The van der Waals surface area contributed by atoms with Crippen LogP contribution in [0.5, 0.6) is 0 Å². The first kappa shape index (κ1) is 22.4. The molecule has 0 bridgehead atoms. The number of rotatable bonds is 9. The minimum Gasteiger partial charge on any atom is -0.337 e. The second-order valence-corrected chi connectivity index (χ2v) is 6.83. The number of nitrogens with zero attached hydrogens (tertiary/aromatic N) is 4. The van der Waals surface area contributed by atoms with Crippen molar-refractivity contribution in [1.29, 1.82) is 0 Å². The number of hydrogen-bond donors (Lipinski definition) is 0. The van der Waals surface area contributed by atoms with Gasteiger partial charge in [0.2, 0.25) is 5.96 Å². The van der Waals surface area contributed by atoms with Crippen LogP contribution in [0.4, 0.5) is 4.39 Å². The first-order valence-corrected chi connectivity index (χ1v) is 9.97. The lowest BCUT2D eigenvalue weighted by molar-refractivity contribution is -0.108. The fraction of sp³-hybridized carbons (Fsp3) is 0.391. The number of likely N-dealkylation sites (N-methyl/N-ethyl adjacent to an activating group) is 1. The molecule has 0 aromatic heterocycles. The van der Waals surface area contributed by atoms with E-state index in [1.807, 2.05) is 31.3 Å². The molecule has 154 valence electrons. The summed E-state index contributed by atoms with van der Waals surface area (Å²) in [6.07, 6.45) is 11.5. The minimum absolute atomic E-state index is 0.210. The molecule has 1 aliphatic rings. The zero-order valence-electron chi connectivity index (χ0n) is 17.4. The Morgan fingerprint density at radius 2 is 2.10 bits per heavy atom. The molecular weight excluding hydrogens is 367 g/mol. The molecule has 0 fully saturated rings. The number of aldehydes is 1. The highest BCUT2D eigenvalue weighted by Gasteiger charge is 2.11. The molecule has 0 N–H and O–H groups in total. The van der Waals surface area contributed by atoms with Gasteiger partial charge < -0.3 is 9.69 Å². The van der Waals surface area contributed by atoms with Crippen LogP contribution in [0.25, 0.3) is 0 Å². The lowest BCUT2D eigenvalue weighted by Crippen LogP contribution is -2.27. The average molecular weight is 397 g/mol. The Balaban J connectivity index is 2.19. The van der Waals surface area contributed by atoms with Crippen molar-refractivity contribution in [3.8, 4) is 0 Å². The number of aliphatic imine (C=N–C) groups is 3. The number of halogens is 1. The minimum atomic E-state index is -0.210. The fourth-order valence-electron chi connectivity index (χ4n) is 2.98. The summed E-state index contributed by atoms with van der Waals surface area (Å²) < 4.78 is 13.6. The van der Waals surface area contributed by atoms with Gasteiger partial charge >= 0.3 is 0 Å². The van der Waals surface area contributed by atoms with E-state index in [9.17, 15) is 9.18 Å². The van der Waals surface area contributed by atoms with Crippen LogP contribution in [0.2, 0.25) is 0 Å². The Morgan fingerprint density at radius 3 is 2.83 bits per heavy atom. The molecule has 0 saturated carbocycles. The smallest absolute Gasteiger partial charge is 0.221 e. The van der Waals surface area contributed by atoms with Crippen molar-refractivity contribution in [2.24, 2.45) is 15.0 Å². The lowest BCUT2D eigenvalue weighted by atomic mass is 9.97. The van der Waals surface area contributed by atoms with E-state index in [1.165, 1.54) is 6.07 Å².